The van der Waals surface area contributed by atoms with Gasteiger partial charge in [-0.3, -0.25) is 0 Å². The molecule has 19 heavy (non-hydrogen) atoms. The second kappa shape index (κ2) is 6.42. The Bertz CT molecular complexity index is 408. The molecule has 1 aliphatic carbocycles. The number of benzene rings is 1. The predicted octanol–water partition coefficient (Wildman–Crippen LogP) is 3.37. The van der Waals surface area contributed by atoms with Gasteiger partial charge in [-0.2, -0.15) is 0 Å². The molecule has 2 aliphatic rings. The molecule has 1 saturated heterocycles. The van der Waals surface area contributed by atoms with E-state index in [1.54, 1.807) is 11.1 Å². The summed E-state index contributed by atoms with van der Waals surface area (Å²) in [7, 11) is 0. The molecule has 2 nitrogen and oxygen atoms in total. The van der Waals surface area contributed by atoms with Crippen molar-refractivity contribution in [2.45, 2.75) is 44.9 Å². The largest absolute Gasteiger partial charge is 0.385 e. The van der Waals surface area contributed by atoms with Crippen LogP contribution in [0.1, 0.15) is 43.2 Å². The van der Waals surface area contributed by atoms with Crippen molar-refractivity contribution in [3.05, 3.63) is 29.3 Å². The molecule has 2 heteroatoms. The molecule has 3 rings (SSSR count). The minimum Gasteiger partial charge on any atom is -0.385 e. The number of aryl methyl sites for hydroxylation is 2. The van der Waals surface area contributed by atoms with Crippen molar-refractivity contribution in [1.29, 1.82) is 0 Å². The molecule has 0 bridgehead atoms. The summed E-state index contributed by atoms with van der Waals surface area (Å²) < 4.78 is 0. The van der Waals surface area contributed by atoms with E-state index in [-0.39, 0.29) is 0 Å². The molecule has 0 radical (unpaired) electrons. The van der Waals surface area contributed by atoms with Gasteiger partial charge < -0.3 is 10.6 Å². The second-order valence-corrected chi connectivity index (χ2v) is 6.10. The minimum absolute atomic E-state index is 0.923. The molecule has 2 N–H and O–H groups in total. The van der Waals surface area contributed by atoms with Crippen LogP contribution in [0.3, 0.4) is 0 Å². The highest BCUT2D eigenvalue weighted by Crippen LogP contribution is 2.24. The third-order valence-corrected chi connectivity index (χ3v) is 4.69. The van der Waals surface area contributed by atoms with E-state index in [4.69, 9.17) is 0 Å². The molecule has 1 aromatic rings. The van der Waals surface area contributed by atoms with Gasteiger partial charge in [-0.1, -0.05) is 6.07 Å². The first kappa shape index (κ1) is 13.0. The predicted molar refractivity (Wildman–Crippen MR) is 81.8 cm³/mol. The summed E-state index contributed by atoms with van der Waals surface area (Å²) in [5.41, 5.74) is 4.49. The Balaban J connectivity index is 1.49. The summed E-state index contributed by atoms with van der Waals surface area (Å²) in [6, 6.07) is 6.99. The van der Waals surface area contributed by atoms with Gasteiger partial charge in [0.15, 0.2) is 0 Å². The number of anilines is 1. The van der Waals surface area contributed by atoms with Crippen molar-refractivity contribution in [1.82, 2.24) is 5.32 Å². The molecule has 0 unspecified atom stereocenters. The number of piperidine rings is 1. The fraction of sp³-hybridized carbons (Fsp3) is 0.647. The molecule has 1 aromatic carbocycles. The molecule has 0 aromatic heterocycles. The average Bonchev–Trinajstić information content (AvgIpc) is 2.48. The Hall–Kier alpha value is -1.02. The van der Waals surface area contributed by atoms with Crippen molar-refractivity contribution in [3.8, 4) is 0 Å². The van der Waals surface area contributed by atoms with Crippen molar-refractivity contribution in [2.24, 2.45) is 5.92 Å². The Morgan fingerprint density at radius 1 is 1.05 bits per heavy atom. The third-order valence-electron chi connectivity index (χ3n) is 4.69. The minimum atomic E-state index is 0.923. The Kier molecular flexibility index (Phi) is 4.39. The van der Waals surface area contributed by atoms with E-state index in [1.807, 2.05) is 0 Å². The van der Waals surface area contributed by atoms with Crippen LogP contribution in [0.25, 0.3) is 0 Å². The van der Waals surface area contributed by atoms with E-state index in [0.717, 1.165) is 12.5 Å². The van der Waals surface area contributed by atoms with Gasteiger partial charge >= 0.3 is 0 Å². The van der Waals surface area contributed by atoms with E-state index in [1.165, 1.54) is 63.7 Å². The molecule has 0 amide bonds. The van der Waals surface area contributed by atoms with Gasteiger partial charge in [0.05, 0.1) is 0 Å². The number of hydrogen-bond donors (Lipinski definition) is 2. The highest BCUT2D eigenvalue weighted by Gasteiger charge is 2.13. The molecular formula is C17H26N2. The molecule has 104 valence electrons. The zero-order valence-corrected chi connectivity index (χ0v) is 11.9. The molecule has 1 aliphatic heterocycles. The van der Waals surface area contributed by atoms with Gasteiger partial charge in [0.1, 0.15) is 0 Å². The summed E-state index contributed by atoms with van der Waals surface area (Å²) in [4.78, 5) is 0. The Morgan fingerprint density at radius 3 is 2.68 bits per heavy atom. The first-order valence-corrected chi connectivity index (χ1v) is 7.98. The van der Waals surface area contributed by atoms with Crippen LogP contribution < -0.4 is 10.6 Å². The smallest absolute Gasteiger partial charge is 0.0343 e. The summed E-state index contributed by atoms with van der Waals surface area (Å²) in [6.07, 6.45) is 9.32. The fourth-order valence-electron chi connectivity index (χ4n) is 3.43. The summed E-state index contributed by atoms with van der Waals surface area (Å²) >= 11 is 0. The van der Waals surface area contributed by atoms with E-state index in [9.17, 15) is 0 Å². The lowest BCUT2D eigenvalue weighted by molar-refractivity contribution is 0.361. The number of hydrogen-bond acceptors (Lipinski definition) is 2. The average molecular weight is 258 g/mol. The maximum atomic E-state index is 3.62. The molecular weight excluding hydrogens is 232 g/mol. The van der Waals surface area contributed by atoms with Crippen LogP contribution in [-0.2, 0) is 12.8 Å². The van der Waals surface area contributed by atoms with Crippen LogP contribution in [-0.4, -0.2) is 19.6 Å². The van der Waals surface area contributed by atoms with Gasteiger partial charge in [-0.05, 0) is 87.2 Å². The van der Waals surface area contributed by atoms with Crippen LogP contribution in [0.2, 0.25) is 0 Å². The lowest BCUT2D eigenvalue weighted by Gasteiger charge is -2.23. The molecule has 1 heterocycles. The third kappa shape index (κ3) is 3.50. The maximum Gasteiger partial charge on any atom is 0.0343 e. The zero-order valence-electron chi connectivity index (χ0n) is 11.9. The van der Waals surface area contributed by atoms with Crippen molar-refractivity contribution >= 4 is 5.69 Å². The van der Waals surface area contributed by atoms with E-state index in [0.29, 0.717) is 0 Å². The van der Waals surface area contributed by atoms with Crippen molar-refractivity contribution in [3.63, 3.8) is 0 Å². The van der Waals surface area contributed by atoms with Crippen LogP contribution in [0.5, 0.6) is 0 Å². The highest BCUT2D eigenvalue weighted by atomic mass is 14.9. The van der Waals surface area contributed by atoms with Crippen molar-refractivity contribution < 1.29 is 0 Å². The fourth-order valence-corrected chi connectivity index (χ4v) is 3.43. The first-order valence-electron chi connectivity index (χ1n) is 7.98. The number of nitrogens with one attached hydrogen (secondary N) is 2. The quantitative estimate of drug-likeness (QED) is 0.865. The van der Waals surface area contributed by atoms with E-state index in [2.05, 4.69) is 28.8 Å². The monoisotopic (exact) mass is 258 g/mol. The van der Waals surface area contributed by atoms with Crippen LogP contribution in [0.4, 0.5) is 5.69 Å². The standard InChI is InChI=1S/C17H26N2/c1-2-4-16-13-17(6-5-15(16)3-1)19-12-9-14-7-10-18-11-8-14/h5-6,13-14,18-19H,1-4,7-12H2. The van der Waals surface area contributed by atoms with Gasteiger partial charge in [0.2, 0.25) is 0 Å². The maximum absolute atomic E-state index is 3.62. The summed E-state index contributed by atoms with van der Waals surface area (Å²) in [6.45, 7) is 3.55. The molecule has 1 fully saturated rings. The highest BCUT2D eigenvalue weighted by molar-refractivity contribution is 5.49. The lowest BCUT2D eigenvalue weighted by Crippen LogP contribution is -2.28. The normalized spacial score (nSPS) is 20.0. The topological polar surface area (TPSA) is 24.1 Å². The van der Waals surface area contributed by atoms with Gasteiger partial charge in [0, 0.05) is 12.2 Å². The van der Waals surface area contributed by atoms with Gasteiger partial charge in [0.25, 0.3) is 0 Å². The summed E-state index contributed by atoms with van der Waals surface area (Å²) in [5.74, 6) is 0.923. The Morgan fingerprint density at radius 2 is 1.84 bits per heavy atom. The zero-order chi connectivity index (χ0) is 12.9. The molecule has 0 saturated carbocycles. The van der Waals surface area contributed by atoms with E-state index >= 15 is 0 Å². The number of fused-ring (bicyclic) bond motifs is 1. The van der Waals surface area contributed by atoms with Gasteiger partial charge in [-0.25, -0.2) is 0 Å². The van der Waals surface area contributed by atoms with Crippen LogP contribution in [0, 0.1) is 5.92 Å². The first-order chi connectivity index (χ1) is 9.42. The summed E-state index contributed by atoms with van der Waals surface area (Å²) in [5, 5.41) is 7.06. The SMILES string of the molecule is c1cc2c(cc1NCCC1CCNCC1)CCCC2. The number of rotatable bonds is 4. The molecule has 0 spiro atoms. The Labute approximate surface area is 117 Å². The van der Waals surface area contributed by atoms with Crippen LogP contribution >= 0.6 is 0 Å². The second-order valence-electron chi connectivity index (χ2n) is 6.10. The van der Waals surface area contributed by atoms with Crippen LogP contribution in [0.15, 0.2) is 18.2 Å². The van der Waals surface area contributed by atoms with E-state index < -0.39 is 0 Å². The lowest BCUT2D eigenvalue weighted by atomic mass is 9.91. The van der Waals surface area contributed by atoms with Crippen molar-refractivity contribution in [2.75, 3.05) is 25.0 Å². The van der Waals surface area contributed by atoms with Gasteiger partial charge in [-0.15, -0.1) is 0 Å². The molecule has 0 atom stereocenters.